The zero-order chi connectivity index (χ0) is 22.6. The summed E-state index contributed by atoms with van der Waals surface area (Å²) >= 11 is 12.8. The third-order valence-corrected chi connectivity index (χ3v) is 7.22. The molecule has 162 valence electrons. The van der Waals surface area contributed by atoms with E-state index in [9.17, 15) is 13.2 Å². The fraction of sp³-hybridized carbons (Fsp3) is 0.136. The number of carbonyl (C=O) groups is 1. The highest BCUT2D eigenvalue weighted by molar-refractivity contribution is 7.91. The average Bonchev–Trinajstić information content (AvgIpc) is 2.73. The maximum absolute atomic E-state index is 13.3. The van der Waals surface area contributed by atoms with Gasteiger partial charge in [-0.25, -0.2) is 8.42 Å². The predicted octanol–water partition coefficient (Wildman–Crippen LogP) is 5.21. The minimum Gasteiger partial charge on any atom is -0.487 e. The summed E-state index contributed by atoms with van der Waals surface area (Å²) in [6.07, 6.45) is 0. The van der Waals surface area contributed by atoms with Crippen LogP contribution >= 0.6 is 23.2 Å². The summed E-state index contributed by atoms with van der Waals surface area (Å²) in [6.45, 7) is 1.50. The van der Waals surface area contributed by atoms with Crippen LogP contribution in [0.2, 0.25) is 10.0 Å². The third-order valence-electron chi connectivity index (χ3n) is 4.39. The Hall–Kier alpha value is -2.74. The monoisotopic (exact) mass is 479 g/mol. The largest absolute Gasteiger partial charge is 0.487 e. The van der Waals surface area contributed by atoms with E-state index in [-0.39, 0.29) is 37.9 Å². The summed E-state index contributed by atoms with van der Waals surface area (Å²) in [5.41, 5.74) is 1.82. The first-order valence-electron chi connectivity index (χ1n) is 9.16. The Morgan fingerprint density at radius 2 is 1.68 bits per heavy atom. The molecule has 6 nitrogen and oxygen atoms in total. The summed E-state index contributed by atoms with van der Waals surface area (Å²) in [4.78, 5) is 10.7. The minimum atomic E-state index is -4.11. The van der Waals surface area contributed by atoms with E-state index in [0.29, 0.717) is 0 Å². The van der Waals surface area contributed by atoms with Crippen molar-refractivity contribution in [3.05, 3.63) is 81.8 Å². The maximum Gasteiger partial charge on any atom is 0.322 e. The van der Waals surface area contributed by atoms with Crippen molar-refractivity contribution in [1.29, 1.82) is 0 Å². The van der Waals surface area contributed by atoms with Crippen molar-refractivity contribution in [3.8, 4) is 5.75 Å². The van der Waals surface area contributed by atoms with Gasteiger partial charge in [0.05, 0.1) is 15.6 Å². The van der Waals surface area contributed by atoms with Gasteiger partial charge in [0, 0.05) is 6.07 Å². The third kappa shape index (κ3) is 5.31. The molecule has 3 aromatic carbocycles. The lowest BCUT2D eigenvalue weighted by atomic mass is 10.2. The number of carboxylic acids is 1. The van der Waals surface area contributed by atoms with Gasteiger partial charge in [-0.15, -0.1) is 0 Å². The number of nitrogens with one attached hydrogen (secondary N) is 1. The van der Waals surface area contributed by atoms with E-state index < -0.39 is 22.4 Å². The fourth-order valence-electron chi connectivity index (χ4n) is 2.80. The molecule has 0 radical (unpaired) electrons. The van der Waals surface area contributed by atoms with Crippen LogP contribution in [0.5, 0.6) is 5.75 Å². The molecule has 31 heavy (non-hydrogen) atoms. The van der Waals surface area contributed by atoms with Crippen LogP contribution in [0.15, 0.2) is 70.5 Å². The standard InChI is InChI=1S/C22H19Cl2NO5S/c1-14-7-9-16(10-8-14)31(28,29)22-20(23)17(25-12-19(26)27)11-18(21(22)24)30-13-15-5-3-2-4-6-15/h2-11,25H,12-13H2,1H3,(H,26,27). The second-order valence-electron chi connectivity index (χ2n) is 6.72. The average molecular weight is 480 g/mol. The van der Waals surface area contributed by atoms with E-state index in [1.54, 1.807) is 12.1 Å². The molecule has 0 aliphatic rings. The van der Waals surface area contributed by atoms with Crippen molar-refractivity contribution in [2.24, 2.45) is 0 Å². The van der Waals surface area contributed by atoms with Gasteiger partial charge in [-0.05, 0) is 24.6 Å². The summed E-state index contributed by atoms with van der Waals surface area (Å²) in [7, 11) is -4.11. The number of ether oxygens (including phenoxy) is 1. The van der Waals surface area contributed by atoms with E-state index in [2.05, 4.69) is 5.32 Å². The lowest BCUT2D eigenvalue weighted by Gasteiger charge is -2.17. The highest BCUT2D eigenvalue weighted by Crippen LogP contribution is 2.44. The van der Waals surface area contributed by atoms with Crippen molar-refractivity contribution >= 4 is 44.7 Å². The molecule has 0 amide bonds. The summed E-state index contributed by atoms with van der Waals surface area (Å²) in [5, 5.41) is 11.2. The number of carboxylic acid groups (broad SMARTS) is 1. The van der Waals surface area contributed by atoms with E-state index >= 15 is 0 Å². The second-order valence-corrected chi connectivity index (χ2v) is 9.36. The predicted molar refractivity (Wildman–Crippen MR) is 120 cm³/mol. The van der Waals surface area contributed by atoms with Gasteiger partial charge in [0.1, 0.15) is 28.8 Å². The number of hydrogen-bond donors (Lipinski definition) is 2. The maximum atomic E-state index is 13.3. The van der Waals surface area contributed by atoms with Gasteiger partial charge in [0.2, 0.25) is 9.84 Å². The van der Waals surface area contributed by atoms with Gasteiger partial charge in [0.25, 0.3) is 0 Å². The van der Waals surface area contributed by atoms with Gasteiger partial charge in [0.15, 0.2) is 0 Å². The molecule has 2 N–H and O–H groups in total. The number of aryl methyl sites for hydroxylation is 1. The van der Waals surface area contributed by atoms with Gasteiger partial charge in [-0.3, -0.25) is 4.79 Å². The van der Waals surface area contributed by atoms with Gasteiger partial charge in [-0.2, -0.15) is 0 Å². The van der Waals surface area contributed by atoms with Crippen molar-refractivity contribution in [2.45, 2.75) is 23.3 Å². The minimum absolute atomic E-state index is 0.00583. The first-order chi connectivity index (χ1) is 14.7. The number of benzene rings is 3. The summed E-state index contributed by atoms with van der Waals surface area (Å²) in [5.74, 6) is -1.07. The molecule has 9 heteroatoms. The highest BCUT2D eigenvalue weighted by atomic mass is 35.5. The van der Waals surface area contributed by atoms with Crippen LogP contribution in [0.3, 0.4) is 0 Å². The van der Waals surface area contributed by atoms with Crippen molar-refractivity contribution in [3.63, 3.8) is 0 Å². The zero-order valence-corrected chi connectivity index (χ0v) is 18.8. The SMILES string of the molecule is Cc1ccc(S(=O)(=O)c2c(Cl)c(NCC(=O)O)cc(OCc3ccccc3)c2Cl)cc1. The van der Waals surface area contributed by atoms with Crippen LogP contribution in [0.1, 0.15) is 11.1 Å². The van der Waals surface area contributed by atoms with Crippen LogP contribution in [0.25, 0.3) is 0 Å². The van der Waals surface area contributed by atoms with Crippen LogP contribution in [-0.4, -0.2) is 26.0 Å². The van der Waals surface area contributed by atoms with Crippen LogP contribution in [-0.2, 0) is 21.2 Å². The topological polar surface area (TPSA) is 92.7 Å². The Labute approximate surface area is 190 Å². The van der Waals surface area contributed by atoms with Crippen molar-refractivity contribution in [2.75, 3.05) is 11.9 Å². The van der Waals surface area contributed by atoms with Gasteiger partial charge < -0.3 is 15.2 Å². The molecule has 0 aromatic heterocycles. The summed E-state index contributed by atoms with van der Waals surface area (Å²) < 4.78 is 32.4. The quantitative estimate of drug-likeness (QED) is 0.460. The molecule has 0 heterocycles. The Morgan fingerprint density at radius 1 is 1.03 bits per heavy atom. The van der Waals surface area contributed by atoms with Crippen molar-refractivity contribution < 1.29 is 23.1 Å². The number of sulfone groups is 1. The normalized spacial score (nSPS) is 11.2. The molecule has 0 fully saturated rings. The number of halogens is 2. The molecule has 0 spiro atoms. The molecular formula is C22H19Cl2NO5S. The fourth-order valence-corrected chi connectivity index (χ4v) is 5.29. The lowest BCUT2D eigenvalue weighted by molar-refractivity contribution is -0.134. The molecule has 0 aliphatic carbocycles. The van der Waals surface area contributed by atoms with E-state index in [1.807, 2.05) is 37.3 Å². The molecule has 0 unspecified atom stereocenters. The zero-order valence-electron chi connectivity index (χ0n) is 16.4. The lowest BCUT2D eigenvalue weighted by Crippen LogP contribution is -2.14. The Bertz CT molecular complexity index is 1200. The van der Waals surface area contributed by atoms with E-state index in [4.69, 9.17) is 33.0 Å². The smallest absolute Gasteiger partial charge is 0.322 e. The number of aliphatic carboxylic acids is 1. The van der Waals surface area contributed by atoms with Gasteiger partial charge in [-0.1, -0.05) is 71.2 Å². The Morgan fingerprint density at radius 3 is 2.29 bits per heavy atom. The van der Waals surface area contributed by atoms with Crippen LogP contribution in [0.4, 0.5) is 5.69 Å². The molecule has 0 saturated carbocycles. The number of rotatable bonds is 8. The molecule has 0 saturated heterocycles. The van der Waals surface area contributed by atoms with Crippen molar-refractivity contribution in [1.82, 2.24) is 0 Å². The van der Waals surface area contributed by atoms with Crippen LogP contribution < -0.4 is 10.1 Å². The summed E-state index contributed by atoms with van der Waals surface area (Å²) in [6, 6.07) is 16.9. The van der Waals surface area contributed by atoms with E-state index in [1.165, 1.54) is 18.2 Å². The van der Waals surface area contributed by atoms with E-state index in [0.717, 1.165) is 11.1 Å². The molecular weight excluding hydrogens is 461 g/mol. The Balaban J connectivity index is 2.10. The Kier molecular flexibility index (Phi) is 7.10. The molecule has 0 bridgehead atoms. The molecule has 3 rings (SSSR count). The number of hydrogen-bond acceptors (Lipinski definition) is 5. The second kappa shape index (κ2) is 9.60. The molecule has 3 aromatic rings. The molecule has 0 atom stereocenters. The first kappa shape index (κ1) is 22.9. The molecule has 0 aliphatic heterocycles. The van der Waals surface area contributed by atoms with Gasteiger partial charge >= 0.3 is 5.97 Å². The van der Waals surface area contributed by atoms with Crippen LogP contribution in [0, 0.1) is 6.92 Å². The highest BCUT2D eigenvalue weighted by Gasteiger charge is 2.29. The first-order valence-corrected chi connectivity index (χ1v) is 11.4. The number of anilines is 1.